The molecule has 0 aliphatic rings. The largest absolute Gasteiger partial charge is 0.356 e. The average molecular weight is 285 g/mol. The lowest BCUT2D eigenvalue weighted by Crippen LogP contribution is -2.47. The minimum Gasteiger partial charge on any atom is -0.356 e. The van der Waals surface area contributed by atoms with Gasteiger partial charge in [-0.1, -0.05) is 6.92 Å². The zero-order valence-corrected chi connectivity index (χ0v) is 12.2. The predicted molar refractivity (Wildman–Crippen MR) is 73.6 cm³/mol. The van der Waals surface area contributed by atoms with E-state index in [1.807, 2.05) is 0 Å². The highest BCUT2D eigenvalue weighted by atomic mass is 16.2. The van der Waals surface area contributed by atoms with Crippen LogP contribution in [0.5, 0.6) is 0 Å². The van der Waals surface area contributed by atoms with Gasteiger partial charge in [-0.15, -0.1) is 0 Å². The molecule has 114 valence electrons. The molecule has 0 fully saturated rings. The van der Waals surface area contributed by atoms with Crippen LogP contribution in [0, 0.1) is 0 Å². The van der Waals surface area contributed by atoms with Crippen molar-refractivity contribution in [1.82, 2.24) is 16.0 Å². The van der Waals surface area contributed by atoms with Crippen LogP contribution in [0.4, 0.5) is 0 Å². The standard InChI is InChI=1S/C13H23N3O4/c1-4-12(19)16-11(13(20)15-10(3)18)7-5-6-8-14-9(2)17/h11H,4-8H2,1-3H3,(H,14,17)(H,16,19)(H,15,18,20). The summed E-state index contributed by atoms with van der Waals surface area (Å²) < 4.78 is 0. The third kappa shape index (κ3) is 9.07. The van der Waals surface area contributed by atoms with E-state index in [1.54, 1.807) is 6.92 Å². The lowest BCUT2D eigenvalue weighted by atomic mass is 10.1. The second-order valence-electron chi connectivity index (χ2n) is 4.50. The molecular formula is C13H23N3O4. The van der Waals surface area contributed by atoms with E-state index in [0.29, 0.717) is 25.8 Å². The molecule has 0 aromatic heterocycles. The van der Waals surface area contributed by atoms with Crippen molar-refractivity contribution < 1.29 is 19.2 Å². The molecule has 0 heterocycles. The SMILES string of the molecule is CCC(=O)NC(CCCCNC(C)=O)C(=O)NC(C)=O. The summed E-state index contributed by atoms with van der Waals surface area (Å²) in [6, 6.07) is -0.719. The van der Waals surface area contributed by atoms with Gasteiger partial charge in [0.05, 0.1) is 0 Å². The van der Waals surface area contributed by atoms with Crippen molar-refractivity contribution >= 4 is 23.6 Å². The first-order valence-corrected chi connectivity index (χ1v) is 6.72. The summed E-state index contributed by atoms with van der Waals surface area (Å²) in [6.45, 7) is 4.89. The first kappa shape index (κ1) is 18.1. The number of imide groups is 1. The van der Waals surface area contributed by atoms with Crippen molar-refractivity contribution in [3.8, 4) is 0 Å². The Balaban J connectivity index is 4.24. The minimum atomic E-state index is -0.719. The van der Waals surface area contributed by atoms with E-state index in [2.05, 4.69) is 16.0 Å². The van der Waals surface area contributed by atoms with E-state index in [9.17, 15) is 19.2 Å². The first-order chi connectivity index (χ1) is 9.36. The molecule has 0 aliphatic carbocycles. The zero-order chi connectivity index (χ0) is 15.5. The predicted octanol–water partition coefficient (Wildman–Crippen LogP) is -0.150. The van der Waals surface area contributed by atoms with Crippen LogP contribution in [-0.2, 0) is 19.2 Å². The van der Waals surface area contributed by atoms with Gasteiger partial charge < -0.3 is 10.6 Å². The van der Waals surface area contributed by atoms with Crippen LogP contribution in [0.15, 0.2) is 0 Å². The monoisotopic (exact) mass is 285 g/mol. The van der Waals surface area contributed by atoms with Crippen molar-refractivity contribution in [3.63, 3.8) is 0 Å². The molecule has 1 unspecified atom stereocenters. The number of hydrogen-bond donors (Lipinski definition) is 3. The fourth-order valence-electron chi connectivity index (χ4n) is 1.56. The maximum absolute atomic E-state index is 11.8. The van der Waals surface area contributed by atoms with Crippen LogP contribution < -0.4 is 16.0 Å². The van der Waals surface area contributed by atoms with Gasteiger partial charge in [-0.25, -0.2) is 0 Å². The summed E-state index contributed by atoms with van der Waals surface area (Å²) >= 11 is 0. The van der Waals surface area contributed by atoms with E-state index in [-0.39, 0.29) is 18.2 Å². The number of rotatable bonds is 8. The molecule has 0 saturated heterocycles. The molecule has 0 spiro atoms. The summed E-state index contributed by atoms with van der Waals surface area (Å²) in [5, 5.41) is 7.40. The van der Waals surface area contributed by atoms with Gasteiger partial charge in [0.1, 0.15) is 6.04 Å². The summed E-state index contributed by atoms with van der Waals surface area (Å²) in [4.78, 5) is 44.7. The summed E-state index contributed by atoms with van der Waals surface area (Å²) in [5.41, 5.74) is 0. The highest BCUT2D eigenvalue weighted by Gasteiger charge is 2.20. The molecule has 0 aromatic carbocycles. The molecule has 0 aromatic rings. The van der Waals surface area contributed by atoms with E-state index in [1.165, 1.54) is 13.8 Å². The van der Waals surface area contributed by atoms with Crippen molar-refractivity contribution in [2.45, 2.75) is 52.5 Å². The minimum absolute atomic E-state index is 0.102. The van der Waals surface area contributed by atoms with Crippen molar-refractivity contribution in [3.05, 3.63) is 0 Å². The number of carbonyl (C=O) groups excluding carboxylic acids is 4. The van der Waals surface area contributed by atoms with Crippen LogP contribution in [0.3, 0.4) is 0 Å². The molecule has 3 N–H and O–H groups in total. The molecule has 4 amide bonds. The first-order valence-electron chi connectivity index (χ1n) is 6.72. The molecule has 7 heteroatoms. The Labute approximate surface area is 118 Å². The van der Waals surface area contributed by atoms with Crippen molar-refractivity contribution in [2.75, 3.05) is 6.54 Å². The smallest absolute Gasteiger partial charge is 0.249 e. The second-order valence-corrected chi connectivity index (χ2v) is 4.50. The summed E-state index contributed by atoms with van der Waals surface area (Å²) in [6.07, 6.45) is 2.05. The molecular weight excluding hydrogens is 262 g/mol. The van der Waals surface area contributed by atoms with Gasteiger partial charge in [0.25, 0.3) is 0 Å². The Hall–Kier alpha value is -1.92. The fraction of sp³-hybridized carbons (Fsp3) is 0.692. The molecule has 0 rings (SSSR count). The number of nitrogens with one attached hydrogen (secondary N) is 3. The van der Waals surface area contributed by atoms with Crippen molar-refractivity contribution in [1.29, 1.82) is 0 Å². The summed E-state index contributed by atoms with van der Waals surface area (Å²) in [5.74, 6) is -1.30. The number of unbranched alkanes of at least 4 members (excludes halogenated alkanes) is 1. The lowest BCUT2D eigenvalue weighted by Gasteiger charge is -2.17. The van der Waals surface area contributed by atoms with Gasteiger partial charge in [0.2, 0.25) is 23.6 Å². The Morgan fingerprint density at radius 3 is 2.15 bits per heavy atom. The van der Waals surface area contributed by atoms with Crippen molar-refractivity contribution in [2.24, 2.45) is 0 Å². The third-order valence-corrected chi connectivity index (χ3v) is 2.57. The Morgan fingerprint density at radius 1 is 1.00 bits per heavy atom. The van der Waals surface area contributed by atoms with E-state index >= 15 is 0 Å². The summed E-state index contributed by atoms with van der Waals surface area (Å²) in [7, 11) is 0. The Kier molecular flexibility index (Phi) is 8.98. The molecule has 0 aliphatic heterocycles. The van der Waals surface area contributed by atoms with Crippen LogP contribution in [0.2, 0.25) is 0 Å². The maximum Gasteiger partial charge on any atom is 0.249 e. The van der Waals surface area contributed by atoms with Crippen LogP contribution in [-0.4, -0.2) is 36.2 Å². The zero-order valence-electron chi connectivity index (χ0n) is 12.2. The van der Waals surface area contributed by atoms with Gasteiger partial charge >= 0.3 is 0 Å². The molecule has 7 nitrogen and oxygen atoms in total. The molecule has 0 radical (unpaired) electrons. The quantitative estimate of drug-likeness (QED) is 0.539. The van der Waals surface area contributed by atoms with E-state index in [4.69, 9.17) is 0 Å². The molecule has 20 heavy (non-hydrogen) atoms. The molecule has 1 atom stereocenters. The van der Waals surface area contributed by atoms with E-state index in [0.717, 1.165) is 0 Å². The highest BCUT2D eigenvalue weighted by molar-refractivity contribution is 5.98. The average Bonchev–Trinajstić information content (AvgIpc) is 2.35. The molecule has 0 saturated carbocycles. The van der Waals surface area contributed by atoms with Gasteiger partial charge in [0, 0.05) is 26.8 Å². The topological polar surface area (TPSA) is 104 Å². The van der Waals surface area contributed by atoms with Crippen LogP contribution in [0.25, 0.3) is 0 Å². The van der Waals surface area contributed by atoms with Gasteiger partial charge in [-0.2, -0.15) is 0 Å². The number of carbonyl (C=O) groups is 4. The van der Waals surface area contributed by atoms with Crippen LogP contribution in [0.1, 0.15) is 46.5 Å². The van der Waals surface area contributed by atoms with E-state index < -0.39 is 17.9 Å². The number of amides is 4. The van der Waals surface area contributed by atoms with Gasteiger partial charge in [-0.3, -0.25) is 24.5 Å². The number of hydrogen-bond acceptors (Lipinski definition) is 4. The van der Waals surface area contributed by atoms with Gasteiger partial charge in [0.15, 0.2) is 0 Å². The Bertz CT molecular complexity index is 369. The second kappa shape index (κ2) is 9.94. The Morgan fingerprint density at radius 2 is 1.65 bits per heavy atom. The van der Waals surface area contributed by atoms with Gasteiger partial charge in [-0.05, 0) is 19.3 Å². The highest BCUT2D eigenvalue weighted by Crippen LogP contribution is 2.02. The normalized spacial score (nSPS) is 11.3. The maximum atomic E-state index is 11.8. The molecule has 0 bridgehead atoms. The third-order valence-electron chi connectivity index (χ3n) is 2.57. The van der Waals surface area contributed by atoms with Crippen LogP contribution >= 0.6 is 0 Å². The lowest BCUT2D eigenvalue weighted by molar-refractivity contribution is -0.133. The fourth-order valence-corrected chi connectivity index (χ4v) is 1.56.